The van der Waals surface area contributed by atoms with Crippen molar-refractivity contribution in [3.63, 3.8) is 0 Å². The van der Waals surface area contributed by atoms with Crippen LogP contribution in [0.1, 0.15) is 34.7 Å². The minimum Gasteiger partial charge on any atom is -0.439 e. The number of oxazole rings is 1. The number of carbonyl (C=O) groups is 1. The molecule has 0 spiro atoms. The van der Waals surface area contributed by atoms with Gasteiger partial charge in [-0.3, -0.25) is 9.69 Å². The Balaban J connectivity index is 1.40. The summed E-state index contributed by atoms with van der Waals surface area (Å²) in [6.07, 6.45) is -2.21. The van der Waals surface area contributed by atoms with Crippen LogP contribution in [0.2, 0.25) is 0 Å². The van der Waals surface area contributed by atoms with E-state index in [1.165, 1.54) is 0 Å². The molecule has 1 heterocycles. The summed E-state index contributed by atoms with van der Waals surface area (Å²) < 4.78 is 42.5. The van der Waals surface area contributed by atoms with E-state index in [2.05, 4.69) is 9.88 Å². The molecule has 1 fully saturated rings. The van der Waals surface area contributed by atoms with Gasteiger partial charge in [-0.15, -0.1) is 0 Å². The lowest BCUT2D eigenvalue weighted by Gasteiger charge is -2.20. The van der Waals surface area contributed by atoms with Crippen LogP contribution in [0.4, 0.5) is 13.2 Å². The Labute approximate surface area is 165 Å². The first kappa shape index (κ1) is 19.4. The molecule has 3 aromatic rings. The summed E-state index contributed by atoms with van der Waals surface area (Å²) in [5.74, 6) is -0.0827. The van der Waals surface area contributed by atoms with Gasteiger partial charge in [0.1, 0.15) is 12.1 Å². The first-order valence-electron chi connectivity index (χ1n) is 9.40. The van der Waals surface area contributed by atoms with Gasteiger partial charge in [-0.05, 0) is 42.7 Å². The number of para-hydroxylation sites is 2. The lowest BCUT2D eigenvalue weighted by molar-refractivity contribution is -0.123. The topological polar surface area (TPSA) is 58.4 Å². The van der Waals surface area contributed by atoms with Crippen LogP contribution in [0, 0.1) is 0 Å². The maximum Gasteiger partial charge on any atom is 0.405 e. The Hall–Kier alpha value is -2.87. The second kappa shape index (κ2) is 7.87. The molecule has 1 N–H and O–H groups in total. The first-order chi connectivity index (χ1) is 13.9. The molecule has 5 nitrogen and oxygen atoms in total. The van der Waals surface area contributed by atoms with E-state index in [4.69, 9.17) is 4.42 Å². The Morgan fingerprint density at radius 3 is 2.48 bits per heavy atom. The average Bonchev–Trinajstić information content (AvgIpc) is 3.45. The largest absolute Gasteiger partial charge is 0.439 e. The van der Waals surface area contributed by atoms with Crippen LogP contribution in [-0.2, 0) is 13.1 Å². The fourth-order valence-corrected chi connectivity index (χ4v) is 3.19. The third kappa shape index (κ3) is 5.14. The van der Waals surface area contributed by atoms with E-state index in [0.717, 1.165) is 29.5 Å². The van der Waals surface area contributed by atoms with Crippen molar-refractivity contribution in [2.75, 3.05) is 6.54 Å². The lowest BCUT2D eigenvalue weighted by atomic mass is 10.1. The minimum absolute atomic E-state index is 0.204. The Morgan fingerprint density at radius 1 is 1.10 bits per heavy atom. The van der Waals surface area contributed by atoms with Crippen molar-refractivity contribution in [1.82, 2.24) is 15.2 Å². The quantitative estimate of drug-likeness (QED) is 0.640. The van der Waals surface area contributed by atoms with Gasteiger partial charge in [-0.2, -0.15) is 13.2 Å². The monoisotopic (exact) mass is 403 g/mol. The van der Waals surface area contributed by atoms with Crippen LogP contribution >= 0.6 is 0 Å². The van der Waals surface area contributed by atoms with E-state index >= 15 is 0 Å². The van der Waals surface area contributed by atoms with Crippen LogP contribution in [0.25, 0.3) is 11.1 Å². The van der Waals surface area contributed by atoms with E-state index in [-0.39, 0.29) is 5.56 Å². The van der Waals surface area contributed by atoms with E-state index in [9.17, 15) is 18.0 Å². The minimum atomic E-state index is -4.43. The molecule has 8 heteroatoms. The van der Waals surface area contributed by atoms with Crippen molar-refractivity contribution >= 4 is 17.0 Å². The van der Waals surface area contributed by atoms with Crippen LogP contribution in [-0.4, -0.2) is 34.6 Å². The zero-order valence-corrected chi connectivity index (χ0v) is 15.6. The number of amides is 1. The molecule has 1 saturated carbocycles. The highest BCUT2D eigenvalue weighted by Crippen LogP contribution is 2.30. The summed E-state index contributed by atoms with van der Waals surface area (Å²) in [6, 6.07) is 14.7. The van der Waals surface area contributed by atoms with Gasteiger partial charge in [0, 0.05) is 18.2 Å². The summed E-state index contributed by atoms with van der Waals surface area (Å²) in [7, 11) is 0. The molecule has 4 rings (SSSR count). The smallest absolute Gasteiger partial charge is 0.405 e. The number of nitrogens with one attached hydrogen (secondary N) is 1. The van der Waals surface area contributed by atoms with Gasteiger partial charge < -0.3 is 9.73 Å². The summed E-state index contributed by atoms with van der Waals surface area (Å²) in [4.78, 5) is 18.6. The number of hydrogen-bond acceptors (Lipinski definition) is 4. The van der Waals surface area contributed by atoms with Crippen molar-refractivity contribution in [3.8, 4) is 0 Å². The van der Waals surface area contributed by atoms with E-state index < -0.39 is 18.6 Å². The summed E-state index contributed by atoms with van der Waals surface area (Å²) in [5, 5.41) is 1.88. The van der Waals surface area contributed by atoms with E-state index in [1.54, 1.807) is 24.3 Å². The molecule has 1 aliphatic rings. The molecule has 0 aliphatic heterocycles. The van der Waals surface area contributed by atoms with E-state index in [1.807, 2.05) is 29.6 Å². The molecule has 0 atom stereocenters. The van der Waals surface area contributed by atoms with Crippen LogP contribution in [0.15, 0.2) is 52.9 Å². The number of rotatable bonds is 7. The third-order valence-electron chi connectivity index (χ3n) is 4.79. The van der Waals surface area contributed by atoms with Gasteiger partial charge in [0.15, 0.2) is 5.58 Å². The van der Waals surface area contributed by atoms with Crippen molar-refractivity contribution in [2.24, 2.45) is 0 Å². The highest BCUT2D eigenvalue weighted by atomic mass is 19.4. The number of halogens is 3. The summed E-state index contributed by atoms with van der Waals surface area (Å²) >= 11 is 0. The van der Waals surface area contributed by atoms with Crippen molar-refractivity contribution in [1.29, 1.82) is 0 Å². The van der Waals surface area contributed by atoms with Gasteiger partial charge in [0.05, 0.1) is 6.54 Å². The SMILES string of the molecule is O=C(NCC(F)(F)F)c1ccc(CN(Cc2nc3ccccc3o2)C2CC2)cc1. The maximum atomic E-state index is 12.2. The molecule has 1 aromatic heterocycles. The number of aromatic nitrogens is 1. The fourth-order valence-electron chi connectivity index (χ4n) is 3.19. The molecule has 2 aromatic carbocycles. The zero-order valence-electron chi connectivity index (χ0n) is 15.6. The molecule has 0 saturated heterocycles. The lowest BCUT2D eigenvalue weighted by Crippen LogP contribution is -2.33. The van der Waals surface area contributed by atoms with Crippen LogP contribution in [0.5, 0.6) is 0 Å². The number of fused-ring (bicyclic) bond motifs is 1. The molecule has 152 valence electrons. The number of hydrogen-bond donors (Lipinski definition) is 1. The third-order valence-corrected chi connectivity index (χ3v) is 4.79. The zero-order chi connectivity index (χ0) is 20.4. The Kier molecular flexibility index (Phi) is 5.27. The second-order valence-electron chi connectivity index (χ2n) is 7.21. The number of nitrogens with zero attached hydrogens (tertiary/aromatic N) is 2. The highest BCUT2D eigenvalue weighted by molar-refractivity contribution is 5.94. The molecule has 29 heavy (non-hydrogen) atoms. The summed E-state index contributed by atoms with van der Waals surface area (Å²) in [5.41, 5.74) is 2.76. The van der Waals surface area contributed by atoms with Crippen molar-refractivity contribution in [2.45, 2.75) is 38.1 Å². The number of carbonyl (C=O) groups excluding carboxylic acids is 1. The molecular weight excluding hydrogens is 383 g/mol. The molecule has 0 radical (unpaired) electrons. The predicted molar refractivity (Wildman–Crippen MR) is 101 cm³/mol. The van der Waals surface area contributed by atoms with Gasteiger partial charge in [-0.25, -0.2) is 4.98 Å². The fraction of sp³-hybridized carbons (Fsp3) is 0.333. The van der Waals surface area contributed by atoms with Crippen molar-refractivity contribution in [3.05, 3.63) is 65.5 Å². The Morgan fingerprint density at radius 2 is 1.83 bits per heavy atom. The average molecular weight is 403 g/mol. The number of benzene rings is 2. The predicted octanol–water partition coefficient (Wildman–Crippen LogP) is 4.28. The van der Waals surface area contributed by atoms with Gasteiger partial charge >= 0.3 is 6.18 Å². The molecule has 0 unspecified atom stereocenters. The first-order valence-corrected chi connectivity index (χ1v) is 9.40. The van der Waals surface area contributed by atoms with Crippen molar-refractivity contribution < 1.29 is 22.4 Å². The molecule has 1 amide bonds. The molecule has 1 aliphatic carbocycles. The van der Waals surface area contributed by atoms with Crippen LogP contribution in [0.3, 0.4) is 0 Å². The normalized spacial score (nSPS) is 14.5. The molecule has 0 bridgehead atoms. The van der Waals surface area contributed by atoms with Gasteiger partial charge in [0.2, 0.25) is 5.89 Å². The van der Waals surface area contributed by atoms with Crippen LogP contribution < -0.4 is 5.32 Å². The Bertz CT molecular complexity index is 961. The van der Waals surface area contributed by atoms with Gasteiger partial charge in [0.25, 0.3) is 5.91 Å². The second-order valence-corrected chi connectivity index (χ2v) is 7.21. The molecular formula is C21H20F3N3O2. The van der Waals surface area contributed by atoms with Gasteiger partial charge in [-0.1, -0.05) is 24.3 Å². The van der Waals surface area contributed by atoms with E-state index in [0.29, 0.717) is 25.0 Å². The number of alkyl halides is 3. The maximum absolute atomic E-state index is 12.2. The summed E-state index contributed by atoms with van der Waals surface area (Å²) in [6.45, 7) is -0.117. The highest BCUT2D eigenvalue weighted by Gasteiger charge is 2.30. The standard InChI is InChI=1S/C21H20F3N3O2/c22-21(23,24)13-25-20(28)15-7-5-14(6-8-15)11-27(16-9-10-16)12-19-26-17-3-1-2-4-18(17)29-19/h1-8,16H,9-13H2,(H,25,28).